The number of amides is 1. The molecule has 9 heteroatoms. The van der Waals surface area contributed by atoms with Crippen molar-refractivity contribution in [3.8, 4) is 0 Å². The summed E-state index contributed by atoms with van der Waals surface area (Å²) in [5.41, 5.74) is 1.65. The van der Waals surface area contributed by atoms with Gasteiger partial charge in [-0.15, -0.1) is 22.7 Å². The Kier molecular flexibility index (Phi) is 5.82. The van der Waals surface area contributed by atoms with Crippen LogP contribution in [0.25, 0.3) is 0 Å². The van der Waals surface area contributed by atoms with Gasteiger partial charge < -0.3 is 0 Å². The van der Waals surface area contributed by atoms with Crippen molar-refractivity contribution in [1.82, 2.24) is 9.29 Å². The molecule has 1 aliphatic rings. The zero-order valence-electron chi connectivity index (χ0n) is 15.9. The molecular weight excluding hydrogens is 426 g/mol. The van der Waals surface area contributed by atoms with Gasteiger partial charge in [0.05, 0.1) is 11.4 Å². The summed E-state index contributed by atoms with van der Waals surface area (Å²) in [7, 11) is -3.47. The van der Waals surface area contributed by atoms with Gasteiger partial charge in [-0.25, -0.2) is 13.4 Å². The number of carbonyl (C=O) groups excluding carboxylic acids is 1. The Bertz CT molecular complexity index is 1070. The van der Waals surface area contributed by atoms with Crippen LogP contribution in [0.1, 0.15) is 18.5 Å². The minimum atomic E-state index is -3.47. The molecule has 1 saturated heterocycles. The predicted molar refractivity (Wildman–Crippen MR) is 116 cm³/mol. The van der Waals surface area contributed by atoms with Gasteiger partial charge in [0, 0.05) is 24.4 Å². The van der Waals surface area contributed by atoms with Gasteiger partial charge in [0.15, 0.2) is 5.13 Å². The number of thiazole rings is 1. The zero-order valence-corrected chi connectivity index (χ0v) is 18.3. The van der Waals surface area contributed by atoms with Crippen molar-refractivity contribution >= 4 is 49.4 Å². The highest BCUT2D eigenvalue weighted by atomic mass is 32.2. The third kappa shape index (κ3) is 4.13. The smallest absolute Gasteiger partial charge is 0.252 e. The average molecular weight is 448 g/mol. The molecule has 29 heavy (non-hydrogen) atoms. The molecule has 1 aromatic carbocycles. The Morgan fingerprint density at radius 3 is 2.41 bits per heavy atom. The number of carbonyl (C=O) groups is 1. The molecule has 6 nitrogen and oxygen atoms in total. The van der Waals surface area contributed by atoms with Gasteiger partial charge in [-0.3, -0.25) is 9.69 Å². The van der Waals surface area contributed by atoms with Crippen LogP contribution < -0.4 is 4.90 Å². The highest BCUT2D eigenvalue weighted by Crippen LogP contribution is 2.33. The van der Waals surface area contributed by atoms with Gasteiger partial charge in [0.2, 0.25) is 5.91 Å². The monoisotopic (exact) mass is 447 g/mol. The third-order valence-corrected chi connectivity index (χ3v) is 9.14. The van der Waals surface area contributed by atoms with Crippen molar-refractivity contribution in [2.45, 2.75) is 24.0 Å². The quantitative estimate of drug-likeness (QED) is 0.585. The van der Waals surface area contributed by atoms with E-state index in [0.717, 1.165) is 11.4 Å². The van der Waals surface area contributed by atoms with Crippen LogP contribution in [0.15, 0.2) is 57.4 Å². The van der Waals surface area contributed by atoms with Crippen LogP contribution in [0.4, 0.5) is 10.8 Å². The summed E-state index contributed by atoms with van der Waals surface area (Å²) < 4.78 is 27.3. The van der Waals surface area contributed by atoms with Crippen molar-refractivity contribution in [3.05, 3.63) is 58.9 Å². The number of rotatable bonds is 5. The van der Waals surface area contributed by atoms with E-state index in [1.165, 1.54) is 27.0 Å². The maximum atomic E-state index is 13.4. The first-order valence-corrected chi connectivity index (χ1v) is 12.5. The number of benzene rings is 1. The molecule has 1 fully saturated rings. The minimum absolute atomic E-state index is 0.0290. The van der Waals surface area contributed by atoms with Gasteiger partial charge in [-0.1, -0.05) is 24.3 Å². The Balaban J connectivity index is 1.53. The van der Waals surface area contributed by atoms with E-state index in [-0.39, 0.29) is 11.8 Å². The van der Waals surface area contributed by atoms with Crippen molar-refractivity contribution in [2.75, 3.05) is 18.0 Å². The first-order chi connectivity index (χ1) is 14.0. The van der Waals surface area contributed by atoms with Crippen LogP contribution >= 0.6 is 22.7 Å². The normalized spacial score (nSPS) is 16.0. The number of nitrogens with zero attached hydrogens (tertiary/aromatic N) is 3. The highest BCUT2D eigenvalue weighted by molar-refractivity contribution is 7.91. The van der Waals surface area contributed by atoms with Crippen LogP contribution in [0, 0.1) is 12.8 Å². The molecule has 152 valence electrons. The first-order valence-electron chi connectivity index (χ1n) is 9.31. The summed E-state index contributed by atoms with van der Waals surface area (Å²) >= 11 is 2.66. The van der Waals surface area contributed by atoms with Crippen LogP contribution in [0.2, 0.25) is 0 Å². The van der Waals surface area contributed by atoms with Gasteiger partial charge in [0.25, 0.3) is 10.0 Å². The number of para-hydroxylation sites is 1. The molecule has 0 bridgehead atoms. The summed E-state index contributed by atoms with van der Waals surface area (Å²) in [4.78, 5) is 19.6. The van der Waals surface area contributed by atoms with Crippen LogP contribution in [0.3, 0.4) is 0 Å². The van der Waals surface area contributed by atoms with E-state index in [2.05, 4.69) is 4.98 Å². The number of piperidine rings is 1. The Hall–Kier alpha value is -2.07. The van der Waals surface area contributed by atoms with Gasteiger partial charge >= 0.3 is 0 Å². The van der Waals surface area contributed by atoms with E-state index in [1.807, 2.05) is 42.6 Å². The fourth-order valence-electron chi connectivity index (χ4n) is 3.42. The molecule has 0 N–H and O–H groups in total. The van der Waals surface area contributed by atoms with E-state index in [1.54, 1.807) is 22.4 Å². The van der Waals surface area contributed by atoms with E-state index in [9.17, 15) is 13.2 Å². The molecule has 3 aromatic rings. The van der Waals surface area contributed by atoms with Gasteiger partial charge in [0.1, 0.15) is 4.21 Å². The second-order valence-electron chi connectivity index (χ2n) is 6.89. The molecule has 1 aliphatic heterocycles. The number of aromatic nitrogens is 1. The standard InChI is InChI=1S/C20H21N3O3S3/c1-15-14-28-20(21-15)23(17-6-3-2-4-7-17)19(24)16-9-11-22(12-10-16)29(25,26)18-8-5-13-27-18/h2-8,13-14,16H,9-12H2,1H3. The van der Waals surface area contributed by atoms with E-state index in [0.29, 0.717) is 35.3 Å². The summed E-state index contributed by atoms with van der Waals surface area (Å²) in [5.74, 6) is -0.270. The van der Waals surface area contributed by atoms with Crippen molar-refractivity contribution in [2.24, 2.45) is 5.92 Å². The fourth-order valence-corrected chi connectivity index (χ4v) is 6.86. The molecule has 0 atom stereocenters. The number of aryl methyl sites for hydroxylation is 1. The average Bonchev–Trinajstić information content (AvgIpc) is 3.42. The fraction of sp³-hybridized carbons (Fsp3) is 0.300. The Morgan fingerprint density at radius 1 is 1.10 bits per heavy atom. The Labute approximate surface area is 178 Å². The largest absolute Gasteiger partial charge is 0.274 e. The number of thiophene rings is 1. The molecule has 0 radical (unpaired) electrons. The summed E-state index contributed by atoms with van der Waals surface area (Å²) in [6.45, 7) is 2.59. The lowest BCUT2D eigenvalue weighted by atomic mass is 9.96. The first kappa shape index (κ1) is 20.2. The van der Waals surface area contributed by atoms with Crippen LogP contribution in [-0.4, -0.2) is 36.7 Å². The topological polar surface area (TPSA) is 70.6 Å². The number of hydrogen-bond donors (Lipinski definition) is 0. The number of sulfonamides is 1. The second-order valence-corrected chi connectivity index (χ2v) is 10.8. The molecule has 4 rings (SSSR count). The van der Waals surface area contributed by atoms with E-state index in [4.69, 9.17) is 0 Å². The maximum Gasteiger partial charge on any atom is 0.252 e. The number of hydrogen-bond acceptors (Lipinski definition) is 6. The number of anilines is 2. The predicted octanol–water partition coefficient (Wildman–Crippen LogP) is 4.28. The van der Waals surface area contributed by atoms with E-state index >= 15 is 0 Å². The second kappa shape index (κ2) is 8.35. The summed E-state index contributed by atoms with van der Waals surface area (Å²) in [5, 5.41) is 4.33. The lowest BCUT2D eigenvalue weighted by Crippen LogP contribution is -2.43. The maximum absolute atomic E-state index is 13.4. The molecular formula is C20H21N3O3S3. The molecule has 3 heterocycles. The van der Waals surface area contributed by atoms with Crippen molar-refractivity contribution in [1.29, 1.82) is 0 Å². The lowest BCUT2D eigenvalue weighted by molar-refractivity contribution is -0.122. The van der Waals surface area contributed by atoms with Crippen LogP contribution in [-0.2, 0) is 14.8 Å². The molecule has 2 aromatic heterocycles. The summed E-state index contributed by atoms with van der Waals surface area (Å²) in [6.07, 6.45) is 0.994. The molecule has 0 saturated carbocycles. The zero-order chi connectivity index (χ0) is 20.4. The SMILES string of the molecule is Cc1csc(N(C(=O)C2CCN(S(=O)(=O)c3cccs3)CC2)c2ccccc2)n1. The van der Waals surface area contributed by atoms with Crippen molar-refractivity contribution in [3.63, 3.8) is 0 Å². The third-order valence-electron chi connectivity index (χ3n) is 4.93. The lowest BCUT2D eigenvalue weighted by Gasteiger charge is -2.32. The van der Waals surface area contributed by atoms with Crippen LogP contribution in [0.5, 0.6) is 0 Å². The molecule has 0 spiro atoms. The minimum Gasteiger partial charge on any atom is -0.274 e. The van der Waals surface area contributed by atoms with Gasteiger partial charge in [-0.05, 0) is 43.3 Å². The van der Waals surface area contributed by atoms with Gasteiger partial charge in [-0.2, -0.15) is 4.31 Å². The molecule has 0 unspecified atom stereocenters. The highest BCUT2D eigenvalue weighted by Gasteiger charge is 2.35. The summed E-state index contributed by atoms with van der Waals surface area (Å²) in [6, 6.07) is 12.8. The van der Waals surface area contributed by atoms with E-state index < -0.39 is 10.0 Å². The Morgan fingerprint density at radius 2 is 1.83 bits per heavy atom. The molecule has 1 amide bonds. The van der Waals surface area contributed by atoms with Crippen molar-refractivity contribution < 1.29 is 13.2 Å². The molecule has 0 aliphatic carbocycles.